The predicted molar refractivity (Wildman–Crippen MR) is 61.1 cm³/mol. The van der Waals surface area contributed by atoms with Gasteiger partial charge < -0.3 is 5.11 Å². The zero-order valence-electron chi connectivity index (χ0n) is 8.93. The molecule has 1 rings (SSSR count). The van der Waals surface area contributed by atoms with Gasteiger partial charge in [0.05, 0.1) is 5.92 Å². The topological polar surface area (TPSA) is 54.4 Å². The Bertz CT molecular complexity index is 381. The fourth-order valence-corrected chi connectivity index (χ4v) is 1.47. The van der Waals surface area contributed by atoms with Crippen molar-refractivity contribution in [1.29, 1.82) is 0 Å². The van der Waals surface area contributed by atoms with Crippen LogP contribution in [0.25, 0.3) is 0 Å². The van der Waals surface area contributed by atoms with Crippen molar-refractivity contribution >= 4 is 11.8 Å². The van der Waals surface area contributed by atoms with Gasteiger partial charge in [-0.15, -0.1) is 0 Å². The van der Waals surface area contributed by atoms with Crippen LogP contribution in [0, 0.1) is 5.92 Å². The largest absolute Gasteiger partial charge is 0.481 e. The third-order valence-corrected chi connectivity index (χ3v) is 2.35. The molecule has 0 saturated carbocycles. The Labute approximate surface area is 94.4 Å². The van der Waals surface area contributed by atoms with E-state index in [1.54, 1.807) is 0 Å². The number of hydrogen-bond donors (Lipinski definition) is 1. The second-order valence-electron chi connectivity index (χ2n) is 3.60. The molecule has 0 heterocycles. The Balaban J connectivity index is 2.69. The molecule has 0 bridgehead atoms. The molecule has 1 atom stereocenters. The number of ketones is 1. The van der Waals surface area contributed by atoms with Crippen molar-refractivity contribution in [2.45, 2.75) is 12.8 Å². The molecule has 0 fully saturated rings. The SMILES string of the molecule is C=CC(=O)CC(Cc1ccccc1)C(=O)O. The van der Waals surface area contributed by atoms with Crippen LogP contribution < -0.4 is 0 Å². The molecule has 0 saturated heterocycles. The highest BCUT2D eigenvalue weighted by atomic mass is 16.4. The van der Waals surface area contributed by atoms with Crippen molar-refractivity contribution in [3.63, 3.8) is 0 Å². The number of rotatable bonds is 6. The van der Waals surface area contributed by atoms with Crippen molar-refractivity contribution in [3.8, 4) is 0 Å². The van der Waals surface area contributed by atoms with E-state index in [1.807, 2.05) is 30.3 Å². The molecule has 16 heavy (non-hydrogen) atoms. The Morgan fingerprint density at radius 2 is 1.94 bits per heavy atom. The summed E-state index contributed by atoms with van der Waals surface area (Å²) in [6.45, 7) is 3.34. The standard InChI is InChI=1S/C13H14O3/c1-2-12(14)9-11(13(15)16)8-10-6-4-3-5-7-10/h2-7,11H,1,8-9H2,(H,15,16). The van der Waals surface area contributed by atoms with Gasteiger partial charge in [-0.2, -0.15) is 0 Å². The number of allylic oxidation sites excluding steroid dienone is 1. The van der Waals surface area contributed by atoms with Gasteiger partial charge in [-0.25, -0.2) is 0 Å². The lowest BCUT2D eigenvalue weighted by Gasteiger charge is -2.10. The van der Waals surface area contributed by atoms with Gasteiger partial charge in [0, 0.05) is 6.42 Å². The highest BCUT2D eigenvalue weighted by molar-refractivity contribution is 5.91. The van der Waals surface area contributed by atoms with Crippen LogP contribution in [0.3, 0.4) is 0 Å². The first-order valence-corrected chi connectivity index (χ1v) is 5.05. The van der Waals surface area contributed by atoms with Crippen molar-refractivity contribution in [3.05, 3.63) is 48.6 Å². The van der Waals surface area contributed by atoms with Gasteiger partial charge in [-0.3, -0.25) is 9.59 Å². The number of carboxylic acid groups (broad SMARTS) is 1. The smallest absolute Gasteiger partial charge is 0.307 e. The summed E-state index contributed by atoms with van der Waals surface area (Å²) in [6.07, 6.45) is 1.55. The van der Waals surface area contributed by atoms with Crippen molar-refractivity contribution in [2.24, 2.45) is 5.92 Å². The number of carbonyl (C=O) groups excluding carboxylic acids is 1. The number of carbonyl (C=O) groups is 2. The fourth-order valence-electron chi connectivity index (χ4n) is 1.47. The molecule has 1 N–H and O–H groups in total. The van der Waals surface area contributed by atoms with E-state index < -0.39 is 11.9 Å². The number of benzene rings is 1. The van der Waals surface area contributed by atoms with E-state index in [4.69, 9.17) is 5.11 Å². The molecule has 3 nitrogen and oxygen atoms in total. The molecule has 0 aromatic heterocycles. The predicted octanol–water partition coefficient (Wildman–Crippen LogP) is 2.08. The molecule has 1 unspecified atom stereocenters. The van der Waals surface area contributed by atoms with E-state index in [-0.39, 0.29) is 12.2 Å². The fraction of sp³-hybridized carbons (Fsp3) is 0.231. The van der Waals surface area contributed by atoms with E-state index in [1.165, 1.54) is 6.08 Å². The summed E-state index contributed by atoms with van der Waals surface area (Å²) in [7, 11) is 0. The van der Waals surface area contributed by atoms with E-state index in [0.29, 0.717) is 6.42 Å². The molecule has 0 radical (unpaired) electrons. The number of carboxylic acids is 1. The zero-order chi connectivity index (χ0) is 12.0. The maximum Gasteiger partial charge on any atom is 0.307 e. The second-order valence-corrected chi connectivity index (χ2v) is 3.60. The van der Waals surface area contributed by atoms with Gasteiger partial charge in [-0.1, -0.05) is 36.9 Å². The van der Waals surface area contributed by atoms with E-state index in [9.17, 15) is 9.59 Å². The van der Waals surface area contributed by atoms with Gasteiger partial charge >= 0.3 is 5.97 Å². The Hall–Kier alpha value is -1.90. The summed E-state index contributed by atoms with van der Waals surface area (Å²) in [5.74, 6) is -1.85. The first kappa shape index (κ1) is 12.2. The molecule has 84 valence electrons. The van der Waals surface area contributed by atoms with Crippen molar-refractivity contribution in [2.75, 3.05) is 0 Å². The minimum Gasteiger partial charge on any atom is -0.481 e. The van der Waals surface area contributed by atoms with Crippen LogP contribution in [-0.4, -0.2) is 16.9 Å². The van der Waals surface area contributed by atoms with Crippen LogP contribution in [0.15, 0.2) is 43.0 Å². The third-order valence-electron chi connectivity index (χ3n) is 2.35. The van der Waals surface area contributed by atoms with E-state index in [0.717, 1.165) is 5.56 Å². The zero-order valence-corrected chi connectivity index (χ0v) is 8.93. The molecular weight excluding hydrogens is 204 g/mol. The maximum absolute atomic E-state index is 11.1. The Morgan fingerprint density at radius 3 is 2.44 bits per heavy atom. The van der Waals surface area contributed by atoms with Crippen LogP contribution in [0.4, 0.5) is 0 Å². The minimum atomic E-state index is -0.945. The summed E-state index contributed by atoms with van der Waals surface area (Å²) in [6, 6.07) is 9.28. The molecule has 0 aliphatic carbocycles. The molecule has 1 aromatic carbocycles. The average Bonchev–Trinajstić information content (AvgIpc) is 2.29. The van der Waals surface area contributed by atoms with Gasteiger partial charge in [0.25, 0.3) is 0 Å². The lowest BCUT2D eigenvalue weighted by Crippen LogP contribution is -2.19. The highest BCUT2D eigenvalue weighted by Crippen LogP contribution is 2.13. The van der Waals surface area contributed by atoms with Crippen molar-refractivity contribution < 1.29 is 14.7 Å². The maximum atomic E-state index is 11.1. The molecular formula is C13H14O3. The average molecular weight is 218 g/mol. The number of hydrogen-bond acceptors (Lipinski definition) is 2. The minimum absolute atomic E-state index is 0.00767. The summed E-state index contributed by atoms with van der Waals surface area (Å²) in [4.78, 5) is 22.1. The monoisotopic (exact) mass is 218 g/mol. The van der Waals surface area contributed by atoms with Crippen LogP contribution in [0.5, 0.6) is 0 Å². The third kappa shape index (κ3) is 3.69. The van der Waals surface area contributed by atoms with Crippen LogP contribution >= 0.6 is 0 Å². The molecule has 0 amide bonds. The van der Waals surface area contributed by atoms with E-state index >= 15 is 0 Å². The molecule has 0 spiro atoms. The second kappa shape index (κ2) is 5.85. The van der Waals surface area contributed by atoms with Gasteiger partial charge in [0.2, 0.25) is 0 Å². The Morgan fingerprint density at radius 1 is 1.31 bits per heavy atom. The van der Waals surface area contributed by atoms with Gasteiger partial charge in [-0.05, 0) is 18.1 Å². The Kier molecular flexibility index (Phi) is 4.45. The molecule has 3 heteroatoms. The van der Waals surface area contributed by atoms with Crippen molar-refractivity contribution in [1.82, 2.24) is 0 Å². The summed E-state index contributed by atoms with van der Waals surface area (Å²) >= 11 is 0. The number of aliphatic carboxylic acids is 1. The van der Waals surface area contributed by atoms with E-state index in [2.05, 4.69) is 6.58 Å². The summed E-state index contributed by atoms with van der Waals surface area (Å²) in [5.41, 5.74) is 0.923. The summed E-state index contributed by atoms with van der Waals surface area (Å²) < 4.78 is 0. The summed E-state index contributed by atoms with van der Waals surface area (Å²) in [5, 5.41) is 8.99. The molecule has 0 aliphatic rings. The normalized spacial score (nSPS) is 11.8. The quantitative estimate of drug-likeness (QED) is 0.744. The van der Waals surface area contributed by atoms with Crippen LogP contribution in [0.1, 0.15) is 12.0 Å². The lowest BCUT2D eigenvalue weighted by molar-refractivity contribution is -0.143. The molecule has 0 aliphatic heterocycles. The van der Waals surface area contributed by atoms with Gasteiger partial charge in [0.1, 0.15) is 0 Å². The first-order valence-electron chi connectivity index (χ1n) is 5.05. The van der Waals surface area contributed by atoms with Crippen LogP contribution in [-0.2, 0) is 16.0 Å². The van der Waals surface area contributed by atoms with Gasteiger partial charge in [0.15, 0.2) is 5.78 Å². The highest BCUT2D eigenvalue weighted by Gasteiger charge is 2.20. The first-order chi connectivity index (χ1) is 7.63. The molecule has 1 aromatic rings. The lowest BCUT2D eigenvalue weighted by atomic mass is 9.94. The van der Waals surface area contributed by atoms with Crippen LogP contribution in [0.2, 0.25) is 0 Å².